The van der Waals surface area contributed by atoms with E-state index in [2.05, 4.69) is 10.3 Å². The standard InChI is InChI=1S/C21H27N3O4S/c25-17(23-14-6-8-21(9-7-14)27-10-11-28-21)12-24-13-22-19-18(20(24)26)15-4-2-1-3-5-16(15)29-19/h13-14H,1-12H2,(H,23,25). The molecule has 1 spiro atoms. The molecule has 1 saturated carbocycles. The number of nitrogens with one attached hydrogen (secondary N) is 1. The van der Waals surface area contributed by atoms with Gasteiger partial charge in [0.2, 0.25) is 5.91 Å². The number of nitrogens with zero attached hydrogens (tertiary/aromatic N) is 2. The molecule has 0 radical (unpaired) electrons. The summed E-state index contributed by atoms with van der Waals surface area (Å²) in [6.45, 7) is 1.32. The van der Waals surface area contributed by atoms with Gasteiger partial charge in [-0.1, -0.05) is 6.42 Å². The Morgan fingerprint density at radius 1 is 1.21 bits per heavy atom. The Kier molecular flexibility index (Phi) is 5.17. The second-order valence-electron chi connectivity index (χ2n) is 8.37. The van der Waals surface area contributed by atoms with Crippen LogP contribution >= 0.6 is 11.3 Å². The van der Waals surface area contributed by atoms with Crippen molar-refractivity contribution in [3.05, 3.63) is 27.1 Å². The van der Waals surface area contributed by atoms with Gasteiger partial charge in [-0.25, -0.2) is 4.98 Å². The zero-order chi connectivity index (χ0) is 19.8. The monoisotopic (exact) mass is 417 g/mol. The van der Waals surface area contributed by atoms with Crippen LogP contribution in [0.3, 0.4) is 0 Å². The van der Waals surface area contributed by atoms with Gasteiger partial charge in [0.05, 0.1) is 24.9 Å². The summed E-state index contributed by atoms with van der Waals surface area (Å²) in [4.78, 5) is 32.3. The van der Waals surface area contributed by atoms with Gasteiger partial charge in [-0.15, -0.1) is 11.3 Å². The maximum Gasteiger partial charge on any atom is 0.262 e. The fraction of sp³-hybridized carbons (Fsp3) is 0.667. The van der Waals surface area contributed by atoms with E-state index in [1.807, 2.05) is 0 Å². The third-order valence-electron chi connectivity index (χ3n) is 6.43. The number of amides is 1. The highest BCUT2D eigenvalue weighted by molar-refractivity contribution is 7.18. The van der Waals surface area contributed by atoms with E-state index in [1.54, 1.807) is 11.3 Å². The number of hydrogen-bond donors (Lipinski definition) is 1. The van der Waals surface area contributed by atoms with Gasteiger partial charge in [0.15, 0.2) is 5.79 Å². The van der Waals surface area contributed by atoms with Gasteiger partial charge in [0, 0.05) is 23.8 Å². The van der Waals surface area contributed by atoms with Crippen molar-refractivity contribution in [3.63, 3.8) is 0 Å². The molecule has 0 atom stereocenters. The lowest BCUT2D eigenvalue weighted by molar-refractivity contribution is -0.180. The Balaban J connectivity index is 1.28. The Hall–Kier alpha value is -1.77. The minimum absolute atomic E-state index is 0.0149. The normalized spacial score (nSPS) is 21.9. The van der Waals surface area contributed by atoms with Crippen molar-refractivity contribution in [1.82, 2.24) is 14.9 Å². The van der Waals surface area contributed by atoms with Crippen LogP contribution in [-0.4, -0.2) is 40.5 Å². The van der Waals surface area contributed by atoms with E-state index in [0.29, 0.717) is 13.2 Å². The predicted octanol–water partition coefficient (Wildman–Crippen LogP) is 2.53. The SMILES string of the molecule is O=C(Cn1cnc2sc3c(c2c1=O)CCCCC3)NC1CCC2(CC1)OCCO2. The summed E-state index contributed by atoms with van der Waals surface area (Å²) in [5, 5.41) is 3.81. The van der Waals surface area contributed by atoms with E-state index >= 15 is 0 Å². The Morgan fingerprint density at radius 2 is 1.97 bits per heavy atom. The molecule has 2 fully saturated rings. The van der Waals surface area contributed by atoms with E-state index < -0.39 is 5.79 Å². The molecule has 1 saturated heterocycles. The maximum atomic E-state index is 13.1. The maximum absolute atomic E-state index is 13.1. The second-order valence-corrected chi connectivity index (χ2v) is 9.46. The number of thiophene rings is 1. The van der Waals surface area contributed by atoms with Gasteiger partial charge >= 0.3 is 0 Å². The first-order chi connectivity index (χ1) is 14.1. The zero-order valence-electron chi connectivity index (χ0n) is 16.6. The first-order valence-corrected chi connectivity index (χ1v) is 11.5. The smallest absolute Gasteiger partial charge is 0.262 e. The molecular formula is C21H27N3O4S. The van der Waals surface area contributed by atoms with Gasteiger partial charge < -0.3 is 14.8 Å². The third-order valence-corrected chi connectivity index (χ3v) is 7.63. The van der Waals surface area contributed by atoms with Crippen LogP contribution in [0.15, 0.2) is 11.1 Å². The average molecular weight is 418 g/mol. The molecule has 8 heteroatoms. The highest BCUT2D eigenvalue weighted by Gasteiger charge is 2.40. The van der Waals surface area contributed by atoms with Crippen LogP contribution in [0.1, 0.15) is 55.4 Å². The van der Waals surface area contributed by atoms with Crippen molar-refractivity contribution in [1.29, 1.82) is 0 Å². The molecule has 2 aromatic heterocycles. The van der Waals surface area contributed by atoms with Gasteiger partial charge in [-0.05, 0) is 44.1 Å². The molecule has 29 heavy (non-hydrogen) atoms. The molecule has 156 valence electrons. The number of ether oxygens (including phenoxy) is 2. The quantitative estimate of drug-likeness (QED) is 0.776. The Bertz CT molecular complexity index is 966. The zero-order valence-corrected chi connectivity index (χ0v) is 17.4. The van der Waals surface area contributed by atoms with Crippen LogP contribution in [0.4, 0.5) is 0 Å². The van der Waals surface area contributed by atoms with Crippen molar-refractivity contribution in [2.45, 2.75) is 76.2 Å². The molecule has 0 bridgehead atoms. The molecule has 1 aliphatic heterocycles. The minimum Gasteiger partial charge on any atom is -0.352 e. The number of aryl methyl sites for hydroxylation is 2. The van der Waals surface area contributed by atoms with Crippen molar-refractivity contribution in [2.75, 3.05) is 13.2 Å². The highest BCUT2D eigenvalue weighted by atomic mass is 32.1. The lowest BCUT2D eigenvalue weighted by Gasteiger charge is -2.35. The lowest BCUT2D eigenvalue weighted by atomic mass is 9.90. The molecule has 3 aliphatic rings. The summed E-state index contributed by atoms with van der Waals surface area (Å²) in [6, 6.07) is 0.103. The third kappa shape index (κ3) is 3.73. The summed E-state index contributed by atoms with van der Waals surface area (Å²) in [7, 11) is 0. The topological polar surface area (TPSA) is 82.5 Å². The van der Waals surface area contributed by atoms with E-state index in [0.717, 1.165) is 55.2 Å². The highest BCUT2D eigenvalue weighted by Crippen LogP contribution is 2.36. The molecule has 2 aliphatic carbocycles. The molecule has 2 aromatic rings. The predicted molar refractivity (Wildman–Crippen MR) is 110 cm³/mol. The van der Waals surface area contributed by atoms with Crippen molar-refractivity contribution in [3.8, 4) is 0 Å². The fourth-order valence-corrected chi connectivity index (χ4v) is 6.11. The fourth-order valence-electron chi connectivity index (χ4n) is 4.89. The molecule has 0 unspecified atom stereocenters. The average Bonchev–Trinajstić information content (AvgIpc) is 3.24. The number of rotatable bonds is 3. The second kappa shape index (κ2) is 7.81. The largest absolute Gasteiger partial charge is 0.352 e. The number of carbonyl (C=O) groups excluding carboxylic acids is 1. The summed E-state index contributed by atoms with van der Waals surface area (Å²) < 4.78 is 13.0. The number of carbonyl (C=O) groups is 1. The van der Waals surface area contributed by atoms with Crippen LogP contribution in [0, 0.1) is 0 Å². The van der Waals surface area contributed by atoms with Gasteiger partial charge in [-0.2, -0.15) is 0 Å². The molecule has 5 rings (SSSR count). The van der Waals surface area contributed by atoms with Crippen LogP contribution in [0.2, 0.25) is 0 Å². The molecule has 1 amide bonds. The lowest BCUT2D eigenvalue weighted by Crippen LogP contribution is -2.45. The molecule has 1 N–H and O–H groups in total. The molecular weight excluding hydrogens is 390 g/mol. The molecule has 0 aromatic carbocycles. The number of fused-ring (bicyclic) bond motifs is 3. The Morgan fingerprint density at radius 3 is 2.76 bits per heavy atom. The van der Waals surface area contributed by atoms with Crippen molar-refractivity contribution < 1.29 is 14.3 Å². The summed E-state index contributed by atoms with van der Waals surface area (Å²) in [6.07, 6.45) is 10.3. The van der Waals surface area contributed by atoms with Gasteiger partial charge in [0.1, 0.15) is 11.4 Å². The van der Waals surface area contributed by atoms with Gasteiger partial charge in [-0.3, -0.25) is 14.2 Å². The summed E-state index contributed by atoms with van der Waals surface area (Å²) >= 11 is 1.64. The summed E-state index contributed by atoms with van der Waals surface area (Å²) in [5.74, 6) is -0.562. The minimum atomic E-state index is -0.427. The van der Waals surface area contributed by atoms with E-state index in [4.69, 9.17) is 9.47 Å². The molecule has 7 nitrogen and oxygen atoms in total. The van der Waals surface area contributed by atoms with Crippen LogP contribution in [0.25, 0.3) is 10.2 Å². The van der Waals surface area contributed by atoms with Gasteiger partial charge in [0.25, 0.3) is 5.56 Å². The van der Waals surface area contributed by atoms with Crippen molar-refractivity contribution in [2.24, 2.45) is 0 Å². The van der Waals surface area contributed by atoms with Crippen LogP contribution < -0.4 is 10.9 Å². The number of aromatic nitrogens is 2. The van der Waals surface area contributed by atoms with Crippen LogP contribution in [0.5, 0.6) is 0 Å². The van der Waals surface area contributed by atoms with E-state index in [1.165, 1.54) is 34.2 Å². The van der Waals surface area contributed by atoms with Crippen molar-refractivity contribution >= 4 is 27.5 Å². The first kappa shape index (κ1) is 19.2. The number of hydrogen-bond acceptors (Lipinski definition) is 6. The van der Waals surface area contributed by atoms with E-state index in [9.17, 15) is 9.59 Å². The first-order valence-electron chi connectivity index (χ1n) is 10.7. The summed E-state index contributed by atoms with van der Waals surface area (Å²) in [5.41, 5.74) is 1.09. The van der Waals surface area contributed by atoms with E-state index in [-0.39, 0.29) is 24.1 Å². The van der Waals surface area contributed by atoms with Crippen LogP contribution in [-0.2, 0) is 33.7 Å². The Labute approximate surface area is 173 Å². The molecule has 3 heterocycles.